The van der Waals surface area contributed by atoms with Crippen LogP contribution in [0.4, 0.5) is 0 Å². The molecule has 0 spiro atoms. The van der Waals surface area contributed by atoms with Crippen LogP contribution in [0.2, 0.25) is 0 Å². The van der Waals surface area contributed by atoms with Gasteiger partial charge in [-0.2, -0.15) is 0 Å². The third kappa shape index (κ3) is 1.31. The lowest BCUT2D eigenvalue weighted by atomic mass is 10.2. The molecule has 0 atom stereocenters. The lowest BCUT2D eigenvalue weighted by Gasteiger charge is -1.99. The van der Waals surface area contributed by atoms with E-state index in [1.54, 1.807) is 6.07 Å². The first-order valence-electron chi connectivity index (χ1n) is 3.81. The minimum absolute atomic E-state index is 0.396. The van der Waals surface area contributed by atoms with E-state index in [9.17, 15) is 9.59 Å². The molecule has 0 bridgehead atoms. The summed E-state index contributed by atoms with van der Waals surface area (Å²) in [4.78, 5) is 21.1. The van der Waals surface area contributed by atoms with Gasteiger partial charge in [0.15, 0.2) is 11.3 Å². The smallest absolute Gasteiger partial charge is 0.396 e. The Hall–Kier alpha value is -1.62. The molecule has 0 saturated carbocycles. The van der Waals surface area contributed by atoms with Gasteiger partial charge >= 0.3 is 4.94 Å². The van der Waals surface area contributed by atoms with Crippen molar-refractivity contribution in [2.75, 3.05) is 7.11 Å². The van der Waals surface area contributed by atoms with Gasteiger partial charge in [0.25, 0.3) is 0 Å². The van der Waals surface area contributed by atoms with Crippen molar-refractivity contribution in [3.8, 4) is 5.75 Å². The van der Waals surface area contributed by atoms with Crippen LogP contribution in [0.5, 0.6) is 5.75 Å². The molecular weight excluding hydrogens is 204 g/mol. The van der Waals surface area contributed by atoms with Gasteiger partial charge in [-0.3, -0.25) is 4.79 Å². The Kier molecular flexibility index (Phi) is 2.09. The van der Waals surface area contributed by atoms with E-state index in [2.05, 4.69) is 0 Å². The molecule has 0 aliphatic heterocycles. The molecule has 0 N–H and O–H groups in total. The highest BCUT2D eigenvalue weighted by atomic mass is 32.1. The highest BCUT2D eigenvalue weighted by molar-refractivity contribution is 7.16. The van der Waals surface area contributed by atoms with Crippen LogP contribution in [-0.4, -0.2) is 13.4 Å². The Morgan fingerprint density at radius 1 is 1.50 bits per heavy atom. The van der Waals surface area contributed by atoms with Crippen molar-refractivity contribution in [1.29, 1.82) is 0 Å². The molecule has 2 rings (SSSR count). The van der Waals surface area contributed by atoms with Gasteiger partial charge in [0, 0.05) is 5.56 Å². The van der Waals surface area contributed by atoms with E-state index in [0.29, 0.717) is 27.9 Å². The van der Waals surface area contributed by atoms with Gasteiger partial charge in [-0.25, -0.2) is 4.79 Å². The average molecular weight is 210 g/mol. The molecule has 1 aromatic carbocycles. The molecule has 72 valence electrons. The van der Waals surface area contributed by atoms with Crippen LogP contribution >= 0.6 is 11.3 Å². The molecule has 0 radical (unpaired) electrons. The second kappa shape index (κ2) is 3.26. The Labute approximate surface area is 82.7 Å². The van der Waals surface area contributed by atoms with Crippen LogP contribution in [0.15, 0.2) is 21.3 Å². The number of hydrogen-bond donors (Lipinski definition) is 0. The average Bonchev–Trinajstić information content (AvgIpc) is 2.56. The molecule has 0 fully saturated rings. The van der Waals surface area contributed by atoms with Gasteiger partial charge in [-0.1, -0.05) is 11.3 Å². The normalized spacial score (nSPS) is 10.4. The van der Waals surface area contributed by atoms with Crippen molar-refractivity contribution < 1.29 is 13.9 Å². The molecule has 0 aliphatic rings. The Bertz CT molecular complexity index is 537. The van der Waals surface area contributed by atoms with Crippen molar-refractivity contribution in [3.63, 3.8) is 0 Å². The third-order valence-electron chi connectivity index (χ3n) is 1.78. The van der Waals surface area contributed by atoms with E-state index < -0.39 is 4.94 Å². The SMILES string of the molecule is COc1cc(C=O)cc2sc(=O)oc12. The number of methoxy groups -OCH3 is 1. The lowest BCUT2D eigenvalue weighted by Crippen LogP contribution is -1.86. The summed E-state index contributed by atoms with van der Waals surface area (Å²) in [5, 5.41) is 0. The first kappa shape index (κ1) is 8.96. The first-order valence-corrected chi connectivity index (χ1v) is 4.63. The van der Waals surface area contributed by atoms with Crippen LogP contribution < -0.4 is 9.68 Å². The second-order valence-electron chi connectivity index (χ2n) is 2.62. The lowest BCUT2D eigenvalue weighted by molar-refractivity contribution is 0.112. The van der Waals surface area contributed by atoms with Crippen molar-refractivity contribution in [2.24, 2.45) is 0 Å². The summed E-state index contributed by atoms with van der Waals surface area (Å²) >= 11 is 0.950. The molecular formula is C9H6O4S. The Morgan fingerprint density at radius 2 is 2.29 bits per heavy atom. The van der Waals surface area contributed by atoms with Crippen LogP contribution in [0, 0.1) is 0 Å². The summed E-state index contributed by atoms with van der Waals surface area (Å²) in [6, 6.07) is 3.13. The highest BCUT2D eigenvalue weighted by Crippen LogP contribution is 2.28. The van der Waals surface area contributed by atoms with Crippen molar-refractivity contribution in [3.05, 3.63) is 27.4 Å². The number of aldehydes is 1. The van der Waals surface area contributed by atoms with E-state index in [1.807, 2.05) is 0 Å². The molecule has 4 nitrogen and oxygen atoms in total. The summed E-state index contributed by atoms with van der Waals surface area (Å²) in [5.41, 5.74) is 0.861. The quantitative estimate of drug-likeness (QED) is 0.707. The van der Waals surface area contributed by atoms with E-state index in [1.165, 1.54) is 13.2 Å². The summed E-state index contributed by atoms with van der Waals surface area (Å²) in [7, 11) is 1.46. The number of ether oxygens (including phenoxy) is 1. The summed E-state index contributed by atoms with van der Waals surface area (Å²) in [6.45, 7) is 0. The number of carbonyl (C=O) groups is 1. The summed E-state index contributed by atoms with van der Waals surface area (Å²) in [6.07, 6.45) is 0.701. The number of rotatable bonds is 2. The van der Waals surface area contributed by atoms with E-state index in [0.717, 1.165) is 11.3 Å². The minimum atomic E-state index is -0.402. The van der Waals surface area contributed by atoms with Gasteiger partial charge in [0.05, 0.1) is 11.8 Å². The van der Waals surface area contributed by atoms with Crippen LogP contribution in [0.25, 0.3) is 10.3 Å². The van der Waals surface area contributed by atoms with Gasteiger partial charge < -0.3 is 9.15 Å². The molecule has 2 aromatic rings. The third-order valence-corrected chi connectivity index (χ3v) is 2.55. The van der Waals surface area contributed by atoms with Crippen molar-refractivity contribution >= 4 is 27.9 Å². The maximum Gasteiger partial charge on any atom is 0.396 e. The zero-order valence-corrected chi connectivity index (χ0v) is 8.09. The Balaban J connectivity index is 2.85. The number of benzene rings is 1. The highest BCUT2D eigenvalue weighted by Gasteiger charge is 2.09. The monoisotopic (exact) mass is 210 g/mol. The van der Waals surface area contributed by atoms with Gasteiger partial charge in [-0.15, -0.1) is 0 Å². The predicted octanol–water partition coefficient (Wildman–Crippen LogP) is 1.68. The fourth-order valence-electron chi connectivity index (χ4n) is 1.19. The predicted molar refractivity (Wildman–Crippen MR) is 52.3 cm³/mol. The van der Waals surface area contributed by atoms with Gasteiger partial charge in [-0.05, 0) is 12.1 Å². The molecule has 0 amide bonds. The van der Waals surface area contributed by atoms with E-state index in [-0.39, 0.29) is 0 Å². The first-order chi connectivity index (χ1) is 6.74. The fourth-order valence-corrected chi connectivity index (χ4v) is 1.92. The summed E-state index contributed by atoms with van der Waals surface area (Å²) in [5.74, 6) is 0.406. The number of carbonyl (C=O) groups excluding carboxylic acids is 1. The maximum atomic E-state index is 11.0. The van der Waals surface area contributed by atoms with Gasteiger partial charge in [0.2, 0.25) is 0 Å². The Morgan fingerprint density at radius 3 is 2.93 bits per heavy atom. The van der Waals surface area contributed by atoms with Gasteiger partial charge in [0.1, 0.15) is 6.29 Å². The number of fused-ring (bicyclic) bond motifs is 1. The molecule has 14 heavy (non-hydrogen) atoms. The second-order valence-corrected chi connectivity index (χ2v) is 3.60. The molecule has 5 heteroatoms. The molecule has 0 unspecified atom stereocenters. The van der Waals surface area contributed by atoms with Crippen LogP contribution in [-0.2, 0) is 0 Å². The van der Waals surface area contributed by atoms with E-state index >= 15 is 0 Å². The van der Waals surface area contributed by atoms with E-state index in [4.69, 9.17) is 9.15 Å². The topological polar surface area (TPSA) is 56.5 Å². The zero-order valence-electron chi connectivity index (χ0n) is 7.27. The van der Waals surface area contributed by atoms with Crippen molar-refractivity contribution in [1.82, 2.24) is 0 Å². The standard InChI is InChI=1S/C9H6O4S/c1-12-6-2-5(4-10)3-7-8(6)13-9(11)14-7/h2-4H,1H3. The minimum Gasteiger partial charge on any atom is -0.493 e. The number of hydrogen-bond acceptors (Lipinski definition) is 5. The molecule has 0 aliphatic carbocycles. The van der Waals surface area contributed by atoms with Crippen LogP contribution in [0.3, 0.4) is 0 Å². The fraction of sp³-hybridized carbons (Fsp3) is 0.111. The maximum absolute atomic E-state index is 11.0. The zero-order chi connectivity index (χ0) is 10.1. The molecule has 1 aromatic heterocycles. The summed E-state index contributed by atoms with van der Waals surface area (Å²) < 4.78 is 10.5. The molecule has 1 heterocycles. The van der Waals surface area contributed by atoms with Crippen LogP contribution in [0.1, 0.15) is 10.4 Å². The largest absolute Gasteiger partial charge is 0.493 e. The van der Waals surface area contributed by atoms with Crippen molar-refractivity contribution in [2.45, 2.75) is 0 Å². The molecule has 0 saturated heterocycles.